The highest BCUT2D eigenvalue weighted by atomic mass is 16.6. The van der Waals surface area contributed by atoms with Gasteiger partial charge >= 0.3 is 12.1 Å². The third-order valence-corrected chi connectivity index (χ3v) is 5.07. The molecule has 11 nitrogen and oxygen atoms in total. The van der Waals surface area contributed by atoms with E-state index >= 15 is 0 Å². The zero-order valence-electron chi connectivity index (χ0n) is 22.6. The predicted octanol–water partition coefficient (Wildman–Crippen LogP) is 2.52. The second kappa shape index (κ2) is 15.6. The summed E-state index contributed by atoms with van der Waals surface area (Å²) in [4.78, 5) is 25.1. The molecule has 1 N–H and O–H groups in total. The number of carbonyl (C=O) groups is 2. The highest BCUT2D eigenvalue weighted by Crippen LogP contribution is 2.30. The summed E-state index contributed by atoms with van der Waals surface area (Å²) in [6.45, 7) is 11.0. The molecule has 0 spiro atoms. The van der Waals surface area contributed by atoms with Gasteiger partial charge in [0.25, 0.3) is 0 Å². The molecule has 1 aromatic rings. The van der Waals surface area contributed by atoms with Crippen molar-refractivity contribution in [1.29, 1.82) is 0 Å². The summed E-state index contributed by atoms with van der Waals surface area (Å²) in [5.74, 6) is 0.394. The number of ether oxygens (including phenoxy) is 8. The zero-order chi connectivity index (χ0) is 27.2. The van der Waals surface area contributed by atoms with E-state index in [1.165, 1.54) is 7.11 Å². The van der Waals surface area contributed by atoms with E-state index in [1.54, 1.807) is 45.9 Å². The molecule has 0 saturated heterocycles. The van der Waals surface area contributed by atoms with Crippen LogP contribution in [0.15, 0.2) is 18.2 Å². The Labute approximate surface area is 219 Å². The average Bonchev–Trinajstić information content (AvgIpc) is 2.82. The molecule has 11 heteroatoms. The molecule has 0 bridgehead atoms. The normalized spacial score (nSPS) is 18.4. The van der Waals surface area contributed by atoms with Crippen LogP contribution in [-0.2, 0) is 39.6 Å². The molecule has 0 aromatic heterocycles. The first kappa shape index (κ1) is 30.6. The fourth-order valence-corrected chi connectivity index (χ4v) is 3.41. The number of hydrogen-bond acceptors (Lipinski definition) is 10. The van der Waals surface area contributed by atoms with Crippen LogP contribution in [0.3, 0.4) is 0 Å². The lowest BCUT2D eigenvalue weighted by Gasteiger charge is -2.30. The minimum absolute atomic E-state index is 0.131. The Kier molecular flexibility index (Phi) is 12.9. The van der Waals surface area contributed by atoms with Gasteiger partial charge in [-0.3, -0.25) is 0 Å². The number of benzene rings is 1. The van der Waals surface area contributed by atoms with Crippen molar-refractivity contribution in [2.45, 2.75) is 45.3 Å². The lowest BCUT2D eigenvalue weighted by molar-refractivity contribution is -0.147. The zero-order valence-corrected chi connectivity index (χ0v) is 22.6. The number of rotatable bonds is 4. The summed E-state index contributed by atoms with van der Waals surface area (Å²) < 4.78 is 44.1. The Balaban J connectivity index is 2.14. The smallest absolute Gasteiger partial charge is 0.408 e. The largest absolute Gasteiger partial charge is 0.487 e. The van der Waals surface area contributed by atoms with Crippen molar-refractivity contribution in [3.8, 4) is 11.5 Å². The summed E-state index contributed by atoms with van der Waals surface area (Å²) in [5.41, 5.74) is -1.37. The molecular formula is C26H41NO10. The van der Waals surface area contributed by atoms with Crippen LogP contribution < -0.4 is 14.8 Å². The van der Waals surface area contributed by atoms with Crippen LogP contribution in [0.25, 0.3) is 0 Å². The quantitative estimate of drug-likeness (QED) is 0.585. The van der Waals surface area contributed by atoms with Gasteiger partial charge in [0.05, 0.1) is 60.0 Å². The third kappa shape index (κ3) is 12.0. The second-order valence-electron chi connectivity index (χ2n) is 9.55. The summed E-state index contributed by atoms with van der Waals surface area (Å²) in [7, 11) is 1.27. The van der Waals surface area contributed by atoms with Crippen molar-refractivity contribution in [3.63, 3.8) is 0 Å². The van der Waals surface area contributed by atoms with E-state index in [9.17, 15) is 9.59 Å². The number of nitrogens with one attached hydrogen (secondary N) is 1. The fraction of sp³-hybridized carbons (Fsp3) is 0.692. The molecule has 210 valence electrons. The van der Waals surface area contributed by atoms with E-state index in [4.69, 9.17) is 37.9 Å². The van der Waals surface area contributed by atoms with E-state index in [0.717, 1.165) is 5.56 Å². The van der Waals surface area contributed by atoms with Crippen molar-refractivity contribution in [2.24, 2.45) is 0 Å². The van der Waals surface area contributed by atoms with Gasteiger partial charge in [-0.2, -0.15) is 0 Å². The minimum atomic E-state index is -1.37. The number of amides is 1. The van der Waals surface area contributed by atoms with Crippen LogP contribution in [0.1, 0.15) is 33.3 Å². The van der Waals surface area contributed by atoms with Crippen LogP contribution in [0.2, 0.25) is 0 Å². The molecule has 1 aromatic carbocycles. The van der Waals surface area contributed by atoms with Crippen molar-refractivity contribution in [3.05, 3.63) is 23.8 Å². The molecule has 0 saturated carbocycles. The first-order valence-electron chi connectivity index (χ1n) is 12.4. The van der Waals surface area contributed by atoms with Crippen LogP contribution in [0, 0.1) is 0 Å². The van der Waals surface area contributed by atoms with Gasteiger partial charge in [0.1, 0.15) is 24.4 Å². The van der Waals surface area contributed by atoms with Gasteiger partial charge in [-0.15, -0.1) is 0 Å². The standard InChI is InChI=1S/C26H41NO10/c1-25(2,3)37-24(29)27-26(4,23(28)30-5)19-20-6-7-21-22(18-20)36-17-15-34-13-11-32-9-8-31-10-12-33-14-16-35-21/h6-7,18H,8-17,19H2,1-5H3,(H,27,29)/t26-/m0/s1. The molecule has 1 aliphatic rings. The number of fused-ring (bicyclic) bond motifs is 1. The maximum Gasteiger partial charge on any atom is 0.408 e. The fourth-order valence-electron chi connectivity index (χ4n) is 3.41. The van der Waals surface area contributed by atoms with Crippen molar-refractivity contribution in [1.82, 2.24) is 5.32 Å². The number of carbonyl (C=O) groups excluding carboxylic acids is 2. The molecule has 0 radical (unpaired) electrons. The van der Waals surface area contributed by atoms with E-state index in [2.05, 4.69) is 5.32 Å². The van der Waals surface area contributed by atoms with Crippen LogP contribution in [0.5, 0.6) is 11.5 Å². The monoisotopic (exact) mass is 527 g/mol. The van der Waals surface area contributed by atoms with E-state index in [1.807, 2.05) is 0 Å². The highest BCUT2D eigenvalue weighted by molar-refractivity contribution is 5.85. The molecule has 1 heterocycles. The Bertz CT molecular complexity index is 841. The van der Waals surface area contributed by atoms with Gasteiger partial charge in [-0.05, 0) is 45.4 Å². The second-order valence-corrected chi connectivity index (χ2v) is 9.55. The Morgan fingerprint density at radius 2 is 1.27 bits per heavy atom. The SMILES string of the molecule is COC(=O)[C@](C)(Cc1ccc2c(c1)OCCOCCOCCOCCOCCO2)NC(=O)OC(C)(C)C. The van der Waals surface area contributed by atoms with Crippen LogP contribution in [0.4, 0.5) is 4.79 Å². The van der Waals surface area contributed by atoms with E-state index < -0.39 is 23.2 Å². The first-order valence-corrected chi connectivity index (χ1v) is 12.4. The predicted molar refractivity (Wildman–Crippen MR) is 134 cm³/mol. The molecule has 1 atom stereocenters. The van der Waals surface area contributed by atoms with Gasteiger partial charge in [0.15, 0.2) is 11.5 Å². The topological polar surface area (TPSA) is 120 Å². The molecule has 37 heavy (non-hydrogen) atoms. The molecule has 0 fully saturated rings. The summed E-state index contributed by atoms with van der Waals surface area (Å²) in [6, 6.07) is 5.32. The molecular weight excluding hydrogens is 486 g/mol. The molecule has 0 unspecified atom stereocenters. The molecule has 0 aliphatic carbocycles. The summed E-state index contributed by atoms with van der Waals surface area (Å²) >= 11 is 0. The van der Waals surface area contributed by atoms with Gasteiger partial charge in [-0.1, -0.05) is 6.07 Å². The van der Waals surface area contributed by atoms with Crippen LogP contribution in [-0.4, -0.2) is 96.4 Å². The van der Waals surface area contributed by atoms with Crippen molar-refractivity contribution in [2.75, 3.05) is 73.2 Å². The van der Waals surface area contributed by atoms with E-state index in [-0.39, 0.29) is 13.0 Å². The average molecular weight is 528 g/mol. The van der Waals surface area contributed by atoms with Crippen molar-refractivity contribution >= 4 is 12.1 Å². The van der Waals surface area contributed by atoms with Gasteiger partial charge in [-0.25, -0.2) is 9.59 Å². The molecule has 1 aliphatic heterocycles. The third-order valence-electron chi connectivity index (χ3n) is 5.07. The molecule has 2 rings (SSSR count). The number of methoxy groups -OCH3 is 1. The lowest BCUT2D eigenvalue weighted by Crippen LogP contribution is -2.55. The van der Waals surface area contributed by atoms with E-state index in [0.29, 0.717) is 71.0 Å². The molecule has 1 amide bonds. The first-order chi connectivity index (χ1) is 17.6. The van der Waals surface area contributed by atoms with Crippen LogP contribution >= 0.6 is 0 Å². The van der Waals surface area contributed by atoms with Gasteiger partial charge in [0, 0.05) is 6.42 Å². The summed E-state index contributed by atoms with van der Waals surface area (Å²) in [6.07, 6.45) is -0.588. The number of hydrogen-bond donors (Lipinski definition) is 1. The minimum Gasteiger partial charge on any atom is -0.487 e. The Morgan fingerprint density at radius 3 is 1.76 bits per heavy atom. The lowest BCUT2D eigenvalue weighted by atomic mass is 9.92. The van der Waals surface area contributed by atoms with Crippen molar-refractivity contribution < 1.29 is 47.5 Å². The van der Waals surface area contributed by atoms with Gasteiger partial charge in [0.2, 0.25) is 0 Å². The Morgan fingerprint density at radius 1 is 0.784 bits per heavy atom. The number of esters is 1. The Hall–Kier alpha value is -2.60. The highest BCUT2D eigenvalue weighted by Gasteiger charge is 2.38. The number of alkyl carbamates (subject to hydrolysis) is 1. The maximum absolute atomic E-state index is 12.6. The maximum atomic E-state index is 12.6. The summed E-state index contributed by atoms with van der Waals surface area (Å²) in [5, 5.41) is 2.65. The van der Waals surface area contributed by atoms with Gasteiger partial charge < -0.3 is 43.2 Å².